The summed E-state index contributed by atoms with van der Waals surface area (Å²) in [6, 6.07) is 9.22. The number of pyridine rings is 1. The summed E-state index contributed by atoms with van der Waals surface area (Å²) in [7, 11) is 1.67. The van der Waals surface area contributed by atoms with Gasteiger partial charge in [-0.2, -0.15) is 0 Å². The Kier molecular flexibility index (Phi) is 5.69. The largest absolute Gasteiger partial charge is 0.465 e. The minimum atomic E-state index is -1.09. The first-order chi connectivity index (χ1) is 13.6. The maximum atomic E-state index is 12.3. The lowest BCUT2D eigenvalue weighted by Gasteiger charge is -2.24. The Hall–Kier alpha value is -3.20. The van der Waals surface area contributed by atoms with Crippen molar-refractivity contribution in [3.05, 3.63) is 42.2 Å². The highest BCUT2D eigenvalue weighted by molar-refractivity contribution is 7.21. The van der Waals surface area contributed by atoms with Gasteiger partial charge in [0.2, 0.25) is 0 Å². The van der Waals surface area contributed by atoms with Gasteiger partial charge in [0.25, 0.3) is 0 Å². The van der Waals surface area contributed by atoms with Crippen molar-refractivity contribution in [3.63, 3.8) is 0 Å². The van der Waals surface area contributed by atoms with E-state index in [0.29, 0.717) is 5.69 Å². The van der Waals surface area contributed by atoms with Crippen LogP contribution in [0.3, 0.4) is 0 Å². The molecule has 0 unspecified atom stereocenters. The van der Waals surface area contributed by atoms with E-state index in [9.17, 15) is 9.59 Å². The molecule has 0 bridgehead atoms. The molecule has 0 aliphatic heterocycles. The molecule has 0 aliphatic carbocycles. The molecule has 0 radical (unpaired) electrons. The van der Waals surface area contributed by atoms with E-state index in [-0.39, 0.29) is 6.54 Å². The minimum absolute atomic E-state index is 0.149. The molecule has 3 rings (SSSR count). The Labute approximate surface area is 172 Å². The Bertz CT molecular complexity index is 1040. The third kappa shape index (κ3) is 5.20. The average molecular weight is 414 g/mol. The highest BCUT2D eigenvalue weighted by Crippen LogP contribution is 2.32. The molecule has 0 atom stereocenters. The molecule has 152 valence electrons. The van der Waals surface area contributed by atoms with Gasteiger partial charge >= 0.3 is 12.2 Å². The molecular formula is C20H22N4O4S. The van der Waals surface area contributed by atoms with E-state index in [0.717, 1.165) is 26.5 Å². The van der Waals surface area contributed by atoms with Crippen LogP contribution in [0.25, 0.3) is 20.8 Å². The Morgan fingerprint density at radius 3 is 2.62 bits per heavy atom. The van der Waals surface area contributed by atoms with Crippen molar-refractivity contribution < 1.29 is 19.4 Å². The van der Waals surface area contributed by atoms with Crippen LogP contribution in [0.2, 0.25) is 0 Å². The first kappa shape index (κ1) is 20.5. The van der Waals surface area contributed by atoms with Crippen molar-refractivity contribution in [2.75, 3.05) is 11.9 Å². The number of amides is 2. The number of ether oxygens (including phenoxy) is 1. The van der Waals surface area contributed by atoms with Crippen LogP contribution in [-0.2, 0) is 11.3 Å². The van der Waals surface area contributed by atoms with Gasteiger partial charge in [-0.1, -0.05) is 0 Å². The molecule has 9 heteroatoms. The predicted octanol–water partition coefficient (Wildman–Crippen LogP) is 4.50. The first-order valence-electron chi connectivity index (χ1n) is 8.92. The fourth-order valence-corrected chi connectivity index (χ4v) is 3.49. The molecule has 0 fully saturated rings. The van der Waals surface area contributed by atoms with Crippen LogP contribution in [0.15, 0.2) is 36.5 Å². The van der Waals surface area contributed by atoms with Crippen LogP contribution in [0.1, 0.15) is 26.5 Å². The summed E-state index contributed by atoms with van der Waals surface area (Å²) < 4.78 is 6.35. The van der Waals surface area contributed by atoms with Gasteiger partial charge in [-0.3, -0.25) is 9.88 Å². The van der Waals surface area contributed by atoms with Gasteiger partial charge in [-0.15, -0.1) is 11.3 Å². The van der Waals surface area contributed by atoms with E-state index < -0.39 is 17.8 Å². The van der Waals surface area contributed by atoms with Crippen molar-refractivity contribution in [2.24, 2.45) is 0 Å². The van der Waals surface area contributed by atoms with Crippen molar-refractivity contribution in [2.45, 2.75) is 32.9 Å². The number of carbonyl (C=O) groups is 2. The van der Waals surface area contributed by atoms with Crippen molar-refractivity contribution in [3.8, 4) is 10.6 Å². The number of rotatable bonds is 4. The van der Waals surface area contributed by atoms with Gasteiger partial charge in [-0.25, -0.2) is 14.6 Å². The number of hydrogen-bond donors (Lipinski definition) is 2. The minimum Gasteiger partial charge on any atom is -0.465 e. The Morgan fingerprint density at radius 2 is 2.00 bits per heavy atom. The number of carbonyl (C=O) groups excluding carboxylic acids is 1. The first-order valence-corrected chi connectivity index (χ1v) is 9.73. The number of nitrogens with one attached hydrogen (secondary N) is 1. The number of nitrogens with zero attached hydrogens (tertiary/aromatic N) is 3. The van der Waals surface area contributed by atoms with Crippen LogP contribution in [0.5, 0.6) is 0 Å². The molecule has 0 spiro atoms. The molecule has 0 aliphatic rings. The fourth-order valence-electron chi connectivity index (χ4n) is 2.50. The average Bonchev–Trinajstić information content (AvgIpc) is 3.08. The predicted molar refractivity (Wildman–Crippen MR) is 112 cm³/mol. The van der Waals surface area contributed by atoms with Crippen molar-refractivity contribution >= 4 is 39.4 Å². The van der Waals surface area contributed by atoms with Gasteiger partial charge < -0.3 is 15.2 Å². The van der Waals surface area contributed by atoms with E-state index in [2.05, 4.69) is 15.3 Å². The molecule has 1 aromatic carbocycles. The maximum absolute atomic E-state index is 12.3. The lowest BCUT2D eigenvalue weighted by molar-refractivity contribution is 0.0589. The third-order valence-electron chi connectivity index (χ3n) is 3.92. The second kappa shape index (κ2) is 8.04. The van der Waals surface area contributed by atoms with Crippen LogP contribution in [-0.4, -0.2) is 39.9 Å². The number of aromatic nitrogens is 2. The SMILES string of the molecule is CN(C(=O)OC(C)(C)C)c1ccc2nc(-c3ccc(CNC(=O)O)nc3)sc2c1. The van der Waals surface area contributed by atoms with Gasteiger partial charge in [0.15, 0.2) is 0 Å². The van der Waals surface area contributed by atoms with Gasteiger partial charge in [-0.05, 0) is 51.1 Å². The highest BCUT2D eigenvalue weighted by Gasteiger charge is 2.21. The second-order valence-corrected chi connectivity index (χ2v) is 8.44. The number of thiazole rings is 1. The number of benzene rings is 1. The molecular weight excluding hydrogens is 392 g/mol. The number of fused-ring (bicyclic) bond motifs is 1. The lowest BCUT2D eigenvalue weighted by Crippen LogP contribution is -2.34. The maximum Gasteiger partial charge on any atom is 0.414 e. The number of carboxylic acid groups (broad SMARTS) is 1. The lowest BCUT2D eigenvalue weighted by atomic mass is 10.2. The summed E-state index contributed by atoms with van der Waals surface area (Å²) in [5.41, 5.74) is 2.44. The molecule has 8 nitrogen and oxygen atoms in total. The molecule has 29 heavy (non-hydrogen) atoms. The zero-order chi connectivity index (χ0) is 21.2. The summed E-state index contributed by atoms with van der Waals surface area (Å²) in [5, 5.41) is 11.7. The summed E-state index contributed by atoms with van der Waals surface area (Å²) in [6.07, 6.45) is 0.162. The van der Waals surface area contributed by atoms with E-state index in [1.807, 2.05) is 45.0 Å². The fraction of sp³-hybridized carbons (Fsp3) is 0.300. The van der Waals surface area contributed by atoms with Gasteiger partial charge in [0.05, 0.1) is 22.5 Å². The van der Waals surface area contributed by atoms with E-state index in [4.69, 9.17) is 9.84 Å². The molecule has 2 N–H and O–H groups in total. The Balaban J connectivity index is 1.80. The van der Waals surface area contributed by atoms with Crippen LogP contribution >= 0.6 is 11.3 Å². The molecule has 2 amide bonds. The summed E-state index contributed by atoms with van der Waals surface area (Å²) in [5.74, 6) is 0. The van der Waals surface area contributed by atoms with Crippen LogP contribution in [0.4, 0.5) is 15.3 Å². The van der Waals surface area contributed by atoms with E-state index in [1.165, 1.54) is 16.2 Å². The van der Waals surface area contributed by atoms with E-state index >= 15 is 0 Å². The second-order valence-electron chi connectivity index (χ2n) is 7.41. The van der Waals surface area contributed by atoms with Crippen LogP contribution in [0, 0.1) is 0 Å². The molecule has 0 saturated carbocycles. The summed E-state index contributed by atoms with van der Waals surface area (Å²) in [6.45, 7) is 5.63. The van der Waals surface area contributed by atoms with Crippen molar-refractivity contribution in [1.82, 2.24) is 15.3 Å². The monoisotopic (exact) mass is 414 g/mol. The van der Waals surface area contributed by atoms with Gasteiger partial charge in [0, 0.05) is 24.5 Å². The molecule has 0 saturated heterocycles. The van der Waals surface area contributed by atoms with Crippen molar-refractivity contribution in [1.29, 1.82) is 0 Å². The normalized spacial score (nSPS) is 11.3. The zero-order valence-electron chi connectivity index (χ0n) is 16.6. The standard InChI is InChI=1S/C20H22N4O4S/c1-20(2,3)28-19(27)24(4)14-7-8-15-16(9-14)29-17(23-15)12-5-6-13(21-10-12)11-22-18(25)26/h5-10,22H,11H2,1-4H3,(H,25,26). The molecule has 2 heterocycles. The summed E-state index contributed by atoms with van der Waals surface area (Å²) in [4.78, 5) is 33.2. The Morgan fingerprint density at radius 1 is 1.24 bits per heavy atom. The van der Waals surface area contributed by atoms with Gasteiger partial charge in [0.1, 0.15) is 10.6 Å². The third-order valence-corrected chi connectivity index (χ3v) is 4.99. The quantitative estimate of drug-likeness (QED) is 0.651. The number of hydrogen-bond acceptors (Lipinski definition) is 6. The molecule has 2 aromatic heterocycles. The highest BCUT2D eigenvalue weighted by atomic mass is 32.1. The van der Waals surface area contributed by atoms with E-state index in [1.54, 1.807) is 19.3 Å². The number of anilines is 1. The summed E-state index contributed by atoms with van der Waals surface area (Å²) >= 11 is 1.49. The van der Waals surface area contributed by atoms with Crippen LogP contribution < -0.4 is 10.2 Å². The molecule has 3 aromatic rings. The zero-order valence-corrected chi connectivity index (χ0v) is 17.4. The topological polar surface area (TPSA) is 105 Å². The smallest absolute Gasteiger partial charge is 0.414 e.